The van der Waals surface area contributed by atoms with Gasteiger partial charge in [0.1, 0.15) is 5.75 Å². The van der Waals surface area contributed by atoms with E-state index < -0.39 is 6.10 Å². The summed E-state index contributed by atoms with van der Waals surface area (Å²) < 4.78 is 0. The molecule has 3 N–H and O–H groups in total. The molecule has 0 radical (unpaired) electrons. The van der Waals surface area contributed by atoms with Gasteiger partial charge in [-0.1, -0.05) is 26.0 Å². The van der Waals surface area contributed by atoms with Gasteiger partial charge in [-0.2, -0.15) is 0 Å². The van der Waals surface area contributed by atoms with E-state index in [1.54, 1.807) is 23.1 Å². The second-order valence-electron chi connectivity index (χ2n) is 6.83. The molecular weight excluding hydrogens is 292 g/mol. The Kier molecular flexibility index (Phi) is 5.52. The zero-order chi connectivity index (χ0) is 17.0. The summed E-state index contributed by atoms with van der Waals surface area (Å²) in [6.07, 6.45) is 1.53. The molecule has 5 nitrogen and oxygen atoms in total. The molecule has 1 fully saturated rings. The minimum absolute atomic E-state index is 0.113. The van der Waals surface area contributed by atoms with Crippen molar-refractivity contribution in [1.82, 2.24) is 10.2 Å². The molecule has 5 heteroatoms. The number of hydrogen-bond acceptors (Lipinski definition) is 3. The van der Waals surface area contributed by atoms with Crippen LogP contribution in [0, 0.1) is 11.3 Å². The number of carbonyl (C=O) groups is 1. The predicted octanol–water partition coefficient (Wildman–Crippen LogP) is 2.89. The summed E-state index contributed by atoms with van der Waals surface area (Å²) in [4.78, 5) is 14.0. The molecule has 1 saturated carbocycles. The third-order valence-electron chi connectivity index (χ3n) is 5.03. The molecule has 1 aromatic carbocycles. The van der Waals surface area contributed by atoms with E-state index in [0.717, 1.165) is 0 Å². The highest BCUT2D eigenvalue weighted by Gasteiger charge is 2.45. The van der Waals surface area contributed by atoms with Crippen molar-refractivity contribution in [2.75, 3.05) is 19.6 Å². The predicted molar refractivity (Wildman–Crippen MR) is 90.2 cm³/mol. The Morgan fingerprint density at radius 1 is 1.39 bits per heavy atom. The Morgan fingerprint density at radius 3 is 2.61 bits per heavy atom. The lowest BCUT2D eigenvalue weighted by Gasteiger charge is -2.27. The van der Waals surface area contributed by atoms with Crippen LogP contribution < -0.4 is 5.32 Å². The third kappa shape index (κ3) is 4.38. The lowest BCUT2D eigenvalue weighted by Crippen LogP contribution is -2.44. The zero-order valence-electron chi connectivity index (χ0n) is 14.2. The number of rotatable bonds is 7. The van der Waals surface area contributed by atoms with E-state index in [1.165, 1.54) is 18.9 Å². The molecule has 0 heterocycles. The first kappa shape index (κ1) is 17.6. The van der Waals surface area contributed by atoms with Crippen LogP contribution in [0.25, 0.3) is 0 Å². The van der Waals surface area contributed by atoms with Crippen molar-refractivity contribution in [1.29, 1.82) is 0 Å². The topological polar surface area (TPSA) is 72.8 Å². The van der Waals surface area contributed by atoms with E-state index in [2.05, 4.69) is 19.2 Å². The number of benzene rings is 1. The molecule has 0 aromatic heterocycles. The SMILES string of the molecule is CCN(CC(O)c1cccc(O)c1)C(=O)NCC1(C(C)C)CC1. The van der Waals surface area contributed by atoms with E-state index in [4.69, 9.17) is 0 Å². The van der Waals surface area contributed by atoms with Crippen molar-refractivity contribution in [2.45, 2.75) is 39.7 Å². The molecule has 2 rings (SSSR count). The summed E-state index contributed by atoms with van der Waals surface area (Å²) in [6, 6.07) is 6.37. The number of phenols is 1. The number of carbonyl (C=O) groups excluding carboxylic acids is 1. The highest BCUT2D eigenvalue weighted by Crippen LogP contribution is 2.51. The first-order valence-electron chi connectivity index (χ1n) is 8.37. The van der Waals surface area contributed by atoms with Crippen LogP contribution in [0.5, 0.6) is 5.75 Å². The molecule has 1 atom stereocenters. The van der Waals surface area contributed by atoms with Gasteiger partial charge in [0.05, 0.1) is 12.6 Å². The summed E-state index contributed by atoms with van der Waals surface area (Å²) >= 11 is 0. The van der Waals surface area contributed by atoms with Crippen molar-refractivity contribution in [3.8, 4) is 5.75 Å². The van der Waals surface area contributed by atoms with Gasteiger partial charge in [-0.15, -0.1) is 0 Å². The molecular formula is C18H28N2O3. The van der Waals surface area contributed by atoms with Gasteiger partial charge in [0.15, 0.2) is 0 Å². The largest absolute Gasteiger partial charge is 0.508 e. The molecule has 2 amide bonds. The van der Waals surface area contributed by atoms with E-state index >= 15 is 0 Å². The van der Waals surface area contributed by atoms with Crippen molar-refractivity contribution >= 4 is 6.03 Å². The van der Waals surface area contributed by atoms with Gasteiger partial charge in [-0.05, 0) is 48.8 Å². The monoisotopic (exact) mass is 320 g/mol. The van der Waals surface area contributed by atoms with Gasteiger partial charge in [0, 0.05) is 13.1 Å². The number of hydrogen-bond donors (Lipinski definition) is 3. The first-order valence-corrected chi connectivity index (χ1v) is 8.37. The first-order chi connectivity index (χ1) is 10.9. The number of urea groups is 1. The highest BCUT2D eigenvalue weighted by atomic mass is 16.3. The van der Waals surface area contributed by atoms with Gasteiger partial charge >= 0.3 is 6.03 Å². The minimum atomic E-state index is -0.812. The highest BCUT2D eigenvalue weighted by molar-refractivity contribution is 5.74. The van der Waals surface area contributed by atoms with Crippen molar-refractivity contribution in [3.63, 3.8) is 0 Å². The molecule has 1 aromatic rings. The second-order valence-corrected chi connectivity index (χ2v) is 6.83. The number of aliphatic hydroxyl groups excluding tert-OH is 1. The summed E-state index contributed by atoms with van der Waals surface area (Å²) in [6.45, 7) is 7.72. The van der Waals surface area contributed by atoms with Gasteiger partial charge in [-0.25, -0.2) is 4.79 Å². The minimum Gasteiger partial charge on any atom is -0.508 e. The number of nitrogens with zero attached hydrogens (tertiary/aromatic N) is 1. The average Bonchev–Trinajstić information content (AvgIpc) is 3.31. The van der Waals surface area contributed by atoms with Crippen LogP contribution in [0.15, 0.2) is 24.3 Å². The molecule has 23 heavy (non-hydrogen) atoms. The quantitative estimate of drug-likeness (QED) is 0.723. The Morgan fingerprint density at radius 2 is 2.09 bits per heavy atom. The lowest BCUT2D eigenvalue weighted by molar-refractivity contribution is 0.122. The van der Waals surface area contributed by atoms with Crippen LogP contribution in [0.4, 0.5) is 4.79 Å². The fourth-order valence-corrected chi connectivity index (χ4v) is 2.88. The van der Waals surface area contributed by atoms with Crippen molar-refractivity contribution in [2.24, 2.45) is 11.3 Å². The number of aliphatic hydroxyl groups is 1. The summed E-state index contributed by atoms with van der Waals surface area (Å²) in [5.74, 6) is 0.678. The van der Waals surface area contributed by atoms with Crippen LogP contribution in [0.3, 0.4) is 0 Å². The fraction of sp³-hybridized carbons (Fsp3) is 0.611. The smallest absolute Gasteiger partial charge is 0.317 e. The number of amides is 2. The Balaban J connectivity index is 1.90. The Hall–Kier alpha value is -1.75. The maximum absolute atomic E-state index is 12.4. The standard InChI is InChI=1S/C18H28N2O3/c1-4-20(11-16(22)14-6-5-7-15(21)10-14)17(23)19-12-18(8-9-18)13(2)3/h5-7,10,13,16,21-22H,4,8-9,11-12H2,1-3H3,(H,19,23). The van der Waals surface area contributed by atoms with Crippen LogP contribution in [0.1, 0.15) is 45.3 Å². The van der Waals surface area contributed by atoms with Crippen LogP contribution >= 0.6 is 0 Å². The maximum atomic E-state index is 12.4. The zero-order valence-corrected chi connectivity index (χ0v) is 14.2. The van der Waals surface area contributed by atoms with Gasteiger partial charge < -0.3 is 20.4 Å². The summed E-state index contributed by atoms with van der Waals surface area (Å²) in [5.41, 5.74) is 0.871. The third-order valence-corrected chi connectivity index (χ3v) is 5.03. The van der Waals surface area contributed by atoms with E-state index in [0.29, 0.717) is 24.6 Å². The Labute approximate surface area is 138 Å². The molecule has 0 bridgehead atoms. The van der Waals surface area contributed by atoms with Crippen LogP contribution in [-0.2, 0) is 0 Å². The van der Waals surface area contributed by atoms with E-state index in [1.807, 2.05) is 6.92 Å². The van der Waals surface area contributed by atoms with E-state index in [9.17, 15) is 15.0 Å². The van der Waals surface area contributed by atoms with Crippen LogP contribution in [0.2, 0.25) is 0 Å². The number of likely N-dealkylation sites (N-methyl/N-ethyl adjacent to an activating group) is 1. The maximum Gasteiger partial charge on any atom is 0.317 e. The lowest BCUT2D eigenvalue weighted by atomic mass is 9.92. The molecule has 1 aliphatic rings. The fourth-order valence-electron chi connectivity index (χ4n) is 2.88. The number of phenolic OH excluding ortho intramolecular Hbond substituents is 1. The Bertz CT molecular complexity index is 541. The van der Waals surface area contributed by atoms with Gasteiger partial charge in [-0.3, -0.25) is 0 Å². The van der Waals surface area contributed by atoms with Gasteiger partial charge in [0.25, 0.3) is 0 Å². The molecule has 1 aliphatic carbocycles. The van der Waals surface area contributed by atoms with Gasteiger partial charge in [0.2, 0.25) is 0 Å². The average molecular weight is 320 g/mol. The van der Waals surface area contributed by atoms with Crippen molar-refractivity contribution in [3.05, 3.63) is 29.8 Å². The number of nitrogens with one attached hydrogen (secondary N) is 1. The molecule has 0 aliphatic heterocycles. The molecule has 0 spiro atoms. The second kappa shape index (κ2) is 7.21. The molecule has 1 unspecified atom stereocenters. The summed E-state index contributed by atoms with van der Waals surface area (Å²) in [7, 11) is 0. The van der Waals surface area contributed by atoms with Crippen LogP contribution in [-0.4, -0.2) is 40.8 Å². The van der Waals surface area contributed by atoms with E-state index in [-0.39, 0.29) is 23.7 Å². The summed E-state index contributed by atoms with van der Waals surface area (Å²) in [5, 5.41) is 22.8. The molecule has 0 saturated heterocycles. The van der Waals surface area contributed by atoms with Crippen molar-refractivity contribution < 1.29 is 15.0 Å². The number of aromatic hydroxyl groups is 1. The normalized spacial score (nSPS) is 16.9. The molecule has 128 valence electrons.